The van der Waals surface area contributed by atoms with Crippen LogP contribution in [0.25, 0.3) is 16.6 Å². The number of rotatable bonds is 2. The van der Waals surface area contributed by atoms with Crippen LogP contribution in [0.2, 0.25) is 0 Å². The van der Waals surface area contributed by atoms with Gasteiger partial charge in [-0.3, -0.25) is 9.38 Å². The van der Waals surface area contributed by atoms with Crippen LogP contribution in [-0.2, 0) is 0 Å². The zero-order valence-corrected chi connectivity index (χ0v) is 11.4. The third-order valence-corrected chi connectivity index (χ3v) is 3.70. The van der Waals surface area contributed by atoms with Gasteiger partial charge in [0.2, 0.25) is 0 Å². The van der Waals surface area contributed by atoms with Crippen molar-refractivity contribution in [1.82, 2.24) is 14.4 Å². The number of benzene rings is 1. The van der Waals surface area contributed by atoms with Gasteiger partial charge in [-0.25, -0.2) is 13.8 Å². The zero-order valence-electron chi connectivity index (χ0n) is 11.4. The van der Waals surface area contributed by atoms with Gasteiger partial charge in [0, 0.05) is 17.8 Å². The number of hydrogen-bond acceptors (Lipinski definition) is 2. The van der Waals surface area contributed by atoms with Crippen molar-refractivity contribution in [3.63, 3.8) is 0 Å². The fraction of sp³-hybridized carbons (Fsp3) is 0.0588. The van der Waals surface area contributed by atoms with Crippen molar-refractivity contribution in [2.45, 2.75) is 6.17 Å². The molecule has 3 aromatic heterocycles. The SMILES string of the molecule is Fc1cccn2c([C@@H](F)c3ccc4ncccc4c3)cnc12. The van der Waals surface area contributed by atoms with E-state index in [2.05, 4.69) is 9.97 Å². The highest BCUT2D eigenvalue weighted by molar-refractivity contribution is 5.79. The Kier molecular flexibility index (Phi) is 2.85. The number of halogens is 2. The van der Waals surface area contributed by atoms with Crippen molar-refractivity contribution in [3.8, 4) is 0 Å². The molecule has 0 aliphatic rings. The number of hydrogen-bond donors (Lipinski definition) is 0. The van der Waals surface area contributed by atoms with Gasteiger partial charge in [-0.2, -0.15) is 0 Å². The van der Waals surface area contributed by atoms with Gasteiger partial charge in [-0.05, 0) is 35.9 Å². The van der Waals surface area contributed by atoms with E-state index in [-0.39, 0.29) is 5.65 Å². The van der Waals surface area contributed by atoms with E-state index in [1.54, 1.807) is 30.6 Å². The maximum absolute atomic E-state index is 14.9. The second-order valence-corrected chi connectivity index (χ2v) is 5.05. The molecule has 1 atom stereocenters. The van der Waals surface area contributed by atoms with E-state index in [1.807, 2.05) is 12.1 Å². The molecule has 0 saturated heterocycles. The van der Waals surface area contributed by atoms with Crippen LogP contribution in [0.4, 0.5) is 8.78 Å². The molecule has 0 radical (unpaired) electrons. The molecule has 4 rings (SSSR count). The molecule has 1 aromatic carbocycles. The minimum absolute atomic E-state index is 0.127. The van der Waals surface area contributed by atoms with Gasteiger partial charge >= 0.3 is 0 Å². The summed E-state index contributed by atoms with van der Waals surface area (Å²) >= 11 is 0. The highest BCUT2D eigenvalue weighted by Crippen LogP contribution is 2.29. The Hall–Kier alpha value is -2.82. The minimum Gasteiger partial charge on any atom is -0.298 e. The molecule has 3 heterocycles. The Bertz CT molecular complexity index is 978. The molecule has 0 aliphatic heterocycles. The van der Waals surface area contributed by atoms with Crippen LogP contribution >= 0.6 is 0 Å². The molecule has 0 unspecified atom stereocenters. The lowest BCUT2D eigenvalue weighted by Gasteiger charge is -2.09. The van der Waals surface area contributed by atoms with Gasteiger partial charge in [0.15, 0.2) is 17.6 Å². The number of alkyl halides is 1. The topological polar surface area (TPSA) is 30.2 Å². The Labute approximate surface area is 124 Å². The van der Waals surface area contributed by atoms with Crippen molar-refractivity contribution in [1.29, 1.82) is 0 Å². The summed E-state index contributed by atoms with van der Waals surface area (Å²) in [5.74, 6) is -0.469. The van der Waals surface area contributed by atoms with Crippen molar-refractivity contribution in [2.24, 2.45) is 0 Å². The highest BCUT2D eigenvalue weighted by Gasteiger charge is 2.18. The van der Waals surface area contributed by atoms with Crippen LogP contribution in [0.1, 0.15) is 17.4 Å². The Morgan fingerprint density at radius 1 is 1.05 bits per heavy atom. The molecule has 3 nitrogen and oxygen atoms in total. The lowest BCUT2D eigenvalue weighted by molar-refractivity contribution is 0.391. The van der Waals surface area contributed by atoms with E-state index >= 15 is 0 Å². The first-order chi connectivity index (χ1) is 10.7. The predicted octanol–water partition coefficient (Wildman–Crippen LogP) is 4.08. The van der Waals surface area contributed by atoms with Gasteiger partial charge in [0.05, 0.1) is 17.4 Å². The van der Waals surface area contributed by atoms with Gasteiger partial charge in [-0.1, -0.05) is 12.1 Å². The first-order valence-electron chi connectivity index (χ1n) is 6.84. The van der Waals surface area contributed by atoms with Crippen LogP contribution in [0, 0.1) is 5.82 Å². The molecule has 0 N–H and O–H groups in total. The third kappa shape index (κ3) is 1.94. The van der Waals surface area contributed by atoms with E-state index in [9.17, 15) is 8.78 Å². The lowest BCUT2D eigenvalue weighted by atomic mass is 10.1. The molecule has 22 heavy (non-hydrogen) atoms. The molecule has 0 fully saturated rings. The Morgan fingerprint density at radius 3 is 2.86 bits per heavy atom. The summed E-state index contributed by atoms with van der Waals surface area (Å²) in [6.07, 6.45) is 3.29. The standard InChI is InChI=1S/C17H11F2N3/c18-13-4-2-8-22-15(10-21-17(13)22)16(19)12-5-6-14-11(9-12)3-1-7-20-14/h1-10,16H/t16-/m0/s1. The molecular weight excluding hydrogens is 284 g/mol. The van der Waals surface area contributed by atoms with Gasteiger partial charge in [0.25, 0.3) is 0 Å². The first kappa shape index (κ1) is 12.9. The highest BCUT2D eigenvalue weighted by atomic mass is 19.1. The van der Waals surface area contributed by atoms with Crippen molar-refractivity contribution in [3.05, 3.63) is 78.1 Å². The number of aromatic nitrogens is 3. The fourth-order valence-corrected chi connectivity index (χ4v) is 2.61. The van der Waals surface area contributed by atoms with Crippen LogP contribution < -0.4 is 0 Å². The van der Waals surface area contributed by atoms with Gasteiger partial charge in [-0.15, -0.1) is 0 Å². The monoisotopic (exact) mass is 295 g/mol. The number of fused-ring (bicyclic) bond motifs is 2. The van der Waals surface area contributed by atoms with Crippen LogP contribution in [0.15, 0.2) is 61.1 Å². The van der Waals surface area contributed by atoms with E-state index in [1.165, 1.54) is 22.7 Å². The average molecular weight is 295 g/mol. The molecule has 0 spiro atoms. The van der Waals surface area contributed by atoms with Gasteiger partial charge < -0.3 is 0 Å². The molecule has 5 heteroatoms. The van der Waals surface area contributed by atoms with Crippen LogP contribution in [0.5, 0.6) is 0 Å². The zero-order chi connectivity index (χ0) is 15.1. The van der Waals surface area contributed by atoms with Gasteiger partial charge in [0.1, 0.15) is 0 Å². The largest absolute Gasteiger partial charge is 0.298 e. The summed E-state index contributed by atoms with van der Waals surface area (Å²) in [6, 6.07) is 11.8. The number of pyridine rings is 2. The Morgan fingerprint density at radius 2 is 1.95 bits per heavy atom. The quantitative estimate of drug-likeness (QED) is 0.558. The molecule has 108 valence electrons. The van der Waals surface area contributed by atoms with Crippen molar-refractivity contribution < 1.29 is 8.78 Å². The third-order valence-electron chi connectivity index (χ3n) is 3.70. The van der Waals surface area contributed by atoms with E-state index in [0.29, 0.717) is 11.3 Å². The molecule has 0 bridgehead atoms. The number of nitrogens with zero attached hydrogens (tertiary/aromatic N) is 3. The maximum atomic E-state index is 14.9. The summed E-state index contributed by atoms with van der Waals surface area (Å²) in [4.78, 5) is 8.18. The normalized spacial score (nSPS) is 12.8. The summed E-state index contributed by atoms with van der Waals surface area (Å²) < 4.78 is 30.0. The molecular formula is C17H11F2N3. The van der Waals surface area contributed by atoms with E-state index in [4.69, 9.17) is 0 Å². The fourth-order valence-electron chi connectivity index (χ4n) is 2.61. The van der Waals surface area contributed by atoms with Crippen molar-refractivity contribution >= 4 is 16.6 Å². The molecule has 0 amide bonds. The molecule has 4 aromatic rings. The second kappa shape index (κ2) is 4.87. The summed E-state index contributed by atoms with van der Waals surface area (Å²) in [7, 11) is 0. The van der Waals surface area contributed by atoms with E-state index < -0.39 is 12.0 Å². The van der Waals surface area contributed by atoms with Crippen LogP contribution in [0.3, 0.4) is 0 Å². The Balaban J connectivity index is 1.84. The molecule has 0 saturated carbocycles. The van der Waals surface area contributed by atoms with Crippen molar-refractivity contribution in [2.75, 3.05) is 0 Å². The van der Waals surface area contributed by atoms with Crippen LogP contribution in [-0.4, -0.2) is 14.4 Å². The smallest absolute Gasteiger partial charge is 0.173 e. The maximum Gasteiger partial charge on any atom is 0.173 e. The average Bonchev–Trinajstić information content (AvgIpc) is 2.99. The summed E-state index contributed by atoms with van der Waals surface area (Å²) in [5.41, 5.74) is 1.73. The number of imidazole rings is 1. The first-order valence-corrected chi connectivity index (χ1v) is 6.84. The minimum atomic E-state index is -1.39. The predicted molar refractivity (Wildman–Crippen MR) is 79.8 cm³/mol. The van der Waals surface area contributed by atoms with E-state index in [0.717, 1.165) is 10.9 Å². The molecule has 0 aliphatic carbocycles. The lowest BCUT2D eigenvalue weighted by Crippen LogP contribution is -2.00. The summed E-state index contributed by atoms with van der Waals surface area (Å²) in [6.45, 7) is 0. The summed E-state index contributed by atoms with van der Waals surface area (Å²) in [5, 5.41) is 0.864. The second-order valence-electron chi connectivity index (χ2n) is 5.05.